The number of hydrogen-bond acceptors (Lipinski definition) is 5. The number of nitrogens with zero attached hydrogens (tertiary/aromatic N) is 3. The molecule has 0 aromatic carbocycles. The SMILES string of the molecule is Cl.Cl.Cn1cc([C@H]2CNC[C@@H]2C(=O)NCCOc2ncccc2Cl)cn1. The minimum atomic E-state index is -0.104. The maximum Gasteiger partial charge on any atom is 0.232 e. The molecule has 26 heavy (non-hydrogen) atoms. The van der Waals surface area contributed by atoms with Crippen LogP contribution < -0.4 is 15.4 Å². The van der Waals surface area contributed by atoms with E-state index in [1.54, 1.807) is 23.0 Å². The van der Waals surface area contributed by atoms with E-state index in [1.165, 1.54) is 0 Å². The van der Waals surface area contributed by atoms with Crippen molar-refractivity contribution in [3.05, 3.63) is 41.3 Å². The lowest BCUT2D eigenvalue weighted by Crippen LogP contribution is -2.36. The highest BCUT2D eigenvalue weighted by Gasteiger charge is 2.34. The standard InChI is InChI=1S/C16H20ClN5O2.2ClH/c1-22-10-11(7-21-22)12-8-18-9-13(12)15(23)19-5-6-24-16-14(17)3-2-4-20-16;;/h2-4,7,10,12-13,18H,5-6,8-9H2,1H3,(H,19,23);2*1H/t12-,13+;;/m1../s1. The number of carbonyl (C=O) groups is 1. The Labute approximate surface area is 169 Å². The van der Waals surface area contributed by atoms with Crippen LogP contribution in [0, 0.1) is 5.92 Å². The molecule has 1 aliphatic rings. The van der Waals surface area contributed by atoms with Crippen molar-refractivity contribution >= 4 is 42.3 Å². The number of amides is 1. The van der Waals surface area contributed by atoms with Gasteiger partial charge in [-0.3, -0.25) is 9.48 Å². The summed E-state index contributed by atoms with van der Waals surface area (Å²) in [5, 5.41) is 10.8. The largest absolute Gasteiger partial charge is 0.475 e. The van der Waals surface area contributed by atoms with Crippen LogP contribution in [0.15, 0.2) is 30.7 Å². The van der Waals surface area contributed by atoms with Gasteiger partial charge in [0.2, 0.25) is 11.8 Å². The summed E-state index contributed by atoms with van der Waals surface area (Å²) in [4.78, 5) is 16.5. The van der Waals surface area contributed by atoms with Crippen molar-refractivity contribution < 1.29 is 9.53 Å². The first-order valence-electron chi connectivity index (χ1n) is 7.85. The van der Waals surface area contributed by atoms with Crippen molar-refractivity contribution in [1.82, 2.24) is 25.4 Å². The van der Waals surface area contributed by atoms with Crippen LogP contribution in [0.3, 0.4) is 0 Å². The summed E-state index contributed by atoms with van der Waals surface area (Å²) in [6.45, 7) is 2.17. The van der Waals surface area contributed by atoms with Gasteiger partial charge in [0.25, 0.3) is 0 Å². The maximum absolute atomic E-state index is 12.4. The van der Waals surface area contributed by atoms with Gasteiger partial charge in [-0.05, 0) is 17.7 Å². The summed E-state index contributed by atoms with van der Waals surface area (Å²) in [5.41, 5.74) is 1.08. The zero-order chi connectivity index (χ0) is 16.9. The van der Waals surface area contributed by atoms with Crippen LogP contribution in [0.1, 0.15) is 11.5 Å². The minimum absolute atomic E-state index is 0. The number of carbonyl (C=O) groups excluding carboxylic acids is 1. The Bertz CT molecular complexity index is 713. The van der Waals surface area contributed by atoms with Gasteiger partial charge in [-0.15, -0.1) is 24.8 Å². The molecule has 1 fully saturated rings. The van der Waals surface area contributed by atoms with Gasteiger partial charge in [0.1, 0.15) is 11.6 Å². The highest BCUT2D eigenvalue weighted by Crippen LogP contribution is 2.27. The summed E-state index contributed by atoms with van der Waals surface area (Å²) < 4.78 is 7.23. The van der Waals surface area contributed by atoms with Gasteiger partial charge in [0.05, 0.1) is 18.7 Å². The van der Waals surface area contributed by atoms with Gasteiger partial charge >= 0.3 is 0 Å². The first-order valence-corrected chi connectivity index (χ1v) is 8.23. The normalized spacial score (nSPS) is 18.5. The fourth-order valence-corrected chi connectivity index (χ4v) is 3.04. The Morgan fingerprint density at radius 2 is 2.27 bits per heavy atom. The van der Waals surface area contributed by atoms with E-state index in [9.17, 15) is 4.79 Å². The summed E-state index contributed by atoms with van der Waals surface area (Å²) in [6, 6.07) is 3.45. The van der Waals surface area contributed by atoms with Crippen molar-refractivity contribution in [3.63, 3.8) is 0 Å². The van der Waals surface area contributed by atoms with Gasteiger partial charge in [-0.25, -0.2) is 4.98 Å². The molecular formula is C16H22Cl3N5O2. The molecule has 144 valence electrons. The number of hydrogen-bond donors (Lipinski definition) is 2. The number of halogens is 3. The fraction of sp³-hybridized carbons (Fsp3) is 0.438. The molecule has 0 saturated carbocycles. The van der Waals surface area contributed by atoms with Gasteiger partial charge in [-0.1, -0.05) is 11.6 Å². The van der Waals surface area contributed by atoms with Gasteiger partial charge in [-0.2, -0.15) is 5.10 Å². The Balaban J connectivity index is 0.00000169. The lowest BCUT2D eigenvalue weighted by atomic mass is 9.90. The first kappa shape index (κ1) is 22.5. The molecule has 2 atom stereocenters. The second-order valence-corrected chi connectivity index (χ2v) is 6.16. The number of ether oxygens (including phenoxy) is 1. The maximum atomic E-state index is 12.4. The highest BCUT2D eigenvalue weighted by molar-refractivity contribution is 6.31. The molecule has 3 heterocycles. The van der Waals surface area contributed by atoms with Gasteiger partial charge in [0, 0.05) is 38.4 Å². The van der Waals surface area contributed by atoms with Crippen molar-refractivity contribution in [2.24, 2.45) is 13.0 Å². The number of rotatable bonds is 6. The number of pyridine rings is 1. The monoisotopic (exact) mass is 421 g/mol. The van der Waals surface area contributed by atoms with E-state index in [-0.39, 0.29) is 42.6 Å². The molecule has 1 amide bonds. The van der Waals surface area contributed by atoms with Crippen LogP contribution in [0.4, 0.5) is 0 Å². The molecule has 10 heteroatoms. The molecule has 0 unspecified atom stereocenters. The van der Waals surface area contributed by atoms with E-state index in [4.69, 9.17) is 16.3 Å². The summed E-state index contributed by atoms with van der Waals surface area (Å²) in [7, 11) is 1.88. The van der Waals surface area contributed by atoms with Gasteiger partial charge < -0.3 is 15.4 Å². The molecule has 7 nitrogen and oxygen atoms in total. The third-order valence-electron chi connectivity index (χ3n) is 4.07. The molecule has 2 aromatic heterocycles. The zero-order valence-corrected chi connectivity index (χ0v) is 16.6. The van der Waals surface area contributed by atoms with Crippen LogP contribution in [-0.2, 0) is 11.8 Å². The topological polar surface area (TPSA) is 81.1 Å². The predicted molar refractivity (Wildman–Crippen MR) is 105 cm³/mol. The molecule has 2 N–H and O–H groups in total. The minimum Gasteiger partial charge on any atom is -0.475 e. The van der Waals surface area contributed by atoms with Crippen LogP contribution in [-0.4, -0.2) is 46.9 Å². The summed E-state index contributed by atoms with van der Waals surface area (Å²) >= 11 is 5.97. The lowest BCUT2D eigenvalue weighted by Gasteiger charge is -2.17. The van der Waals surface area contributed by atoms with Crippen molar-refractivity contribution in [3.8, 4) is 5.88 Å². The fourth-order valence-electron chi connectivity index (χ4n) is 2.87. The van der Waals surface area contributed by atoms with Gasteiger partial charge in [0.15, 0.2) is 0 Å². The van der Waals surface area contributed by atoms with E-state index >= 15 is 0 Å². The first-order chi connectivity index (χ1) is 11.6. The number of aryl methyl sites for hydroxylation is 1. The van der Waals surface area contributed by atoms with E-state index in [0.717, 1.165) is 12.1 Å². The Hall–Kier alpha value is -1.54. The Morgan fingerprint density at radius 1 is 1.46 bits per heavy atom. The average molecular weight is 423 g/mol. The molecule has 0 bridgehead atoms. The molecule has 1 aliphatic heterocycles. The Morgan fingerprint density at radius 3 is 2.96 bits per heavy atom. The average Bonchev–Trinajstić information content (AvgIpc) is 3.21. The van der Waals surface area contributed by atoms with Crippen molar-refractivity contribution in [1.29, 1.82) is 0 Å². The van der Waals surface area contributed by atoms with Crippen LogP contribution in [0.25, 0.3) is 0 Å². The molecule has 0 radical (unpaired) electrons. The molecule has 3 rings (SSSR count). The molecule has 1 saturated heterocycles. The van der Waals surface area contributed by atoms with E-state index < -0.39 is 0 Å². The Kier molecular flexibility index (Phi) is 9.15. The lowest BCUT2D eigenvalue weighted by molar-refractivity contribution is -0.124. The quantitative estimate of drug-likeness (QED) is 0.694. The van der Waals surface area contributed by atoms with Crippen LogP contribution in [0.5, 0.6) is 5.88 Å². The number of nitrogens with one attached hydrogen (secondary N) is 2. The third-order valence-corrected chi connectivity index (χ3v) is 4.36. The molecule has 0 aliphatic carbocycles. The van der Waals surface area contributed by atoms with E-state index in [1.807, 2.05) is 19.4 Å². The highest BCUT2D eigenvalue weighted by atomic mass is 35.5. The summed E-state index contributed by atoms with van der Waals surface area (Å²) in [5.74, 6) is 0.436. The predicted octanol–water partition coefficient (Wildman–Crippen LogP) is 1.81. The van der Waals surface area contributed by atoms with Crippen molar-refractivity contribution in [2.75, 3.05) is 26.2 Å². The third kappa shape index (κ3) is 5.48. The van der Waals surface area contributed by atoms with Crippen LogP contribution >= 0.6 is 36.4 Å². The second-order valence-electron chi connectivity index (χ2n) is 5.75. The smallest absolute Gasteiger partial charge is 0.232 e. The zero-order valence-electron chi connectivity index (χ0n) is 14.2. The summed E-state index contributed by atoms with van der Waals surface area (Å²) in [6.07, 6.45) is 5.40. The van der Waals surface area contributed by atoms with E-state index in [0.29, 0.717) is 30.6 Å². The molecule has 0 spiro atoms. The second kappa shape index (κ2) is 10.6. The molecular weight excluding hydrogens is 401 g/mol. The van der Waals surface area contributed by atoms with Crippen LogP contribution in [0.2, 0.25) is 5.02 Å². The number of aromatic nitrogens is 3. The van der Waals surface area contributed by atoms with Crippen molar-refractivity contribution in [2.45, 2.75) is 5.92 Å². The van der Waals surface area contributed by atoms with E-state index in [2.05, 4.69) is 20.7 Å². The molecule has 2 aromatic rings.